The molecule has 0 saturated carbocycles. The summed E-state index contributed by atoms with van der Waals surface area (Å²) < 4.78 is 4.81. The standard InChI is InChI=1S/C17H14O3/c1-2-20-17(19)9-5-8-16-14(12-18)11-10-13-6-3-4-7-15(13)16/h3-4,6-7,10-12H,2,9H2,1H3. The summed E-state index contributed by atoms with van der Waals surface area (Å²) >= 11 is 0. The largest absolute Gasteiger partial charge is 0.465 e. The van der Waals surface area contributed by atoms with E-state index in [4.69, 9.17) is 4.74 Å². The van der Waals surface area contributed by atoms with Gasteiger partial charge in [-0.1, -0.05) is 42.2 Å². The minimum atomic E-state index is -0.354. The molecule has 0 aromatic heterocycles. The lowest BCUT2D eigenvalue weighted by Gasteiger charge is -2.03. The van der Waals surface area contributed by atoms with Crippen LogP contribution in [0.25, 0.3) is 10.8 Å². The normalized spacial score (nSPS) is 9.65. The number of carbonyl (C=O) groups excluding carboxylic acids is 2. The van der Waals surface area contributed by atoms with Gasteiger partial charge >= 0.3 is 5.97 Å². The maximum Gasteiger partial charge on any atom is 0.317 e. The molecule has 3 nitrogen and oxygen atoms in total. The number of hydrogen-bond donors (Lipinski definition) is 0. The molecule has 0 bridgehead atoms. The Balaban J connectivity index is 2.39. The molecule has 0 aliphatic heterocycles. The number of rotatable bonds is 3. The molecule has 2 aromatic carbocycles. The van der Waals surface area contributed by atoms with Crippen molar-refractivity contribution in [2.75, 3.05) is 6.61 Å². The molecule has 0 spiro atoms. The maximum absolute atomic E-state index is 11.3. The Hall–Kier alpha value is -2.60. The van der Waals surface area contributed by atoms with Crippen LogP contribution in [0.4, 0.5) is 0 Å². The van der Waals surface area contributed by atoms with Gasteiger partial charge in [-0.3, -0.25) is 9.59 Å². The molecule has 0 heterocycles. The number of carbonyl (C=O) groups is 2. The summed E-state index contributed by atoms with van der Waals surface area (Å²) in [6.07, 6.45) is 0.802. The second-order valence-electron chi connectivity index (χ2n) is 4.15. The van der Waals surface area contributed by atoms with Gasteiger partial charge in [-0.2, -0.15) is 0 Å². The highest BCUT2D eigenvalue weighted by Gasteiger charge is 2.04. The van der Waals surface area contributed by atoms with E-state index in [0.717, 1.165) is 17.1 Å². The average Bonchev–Trinajstić information content (AvgIpc) is 2.47. The van der Waals surface area contributed by atoms with Crippen LogP contribution < -0.4 is 0 Å². The van der Waals surface area contributed by atoms with Gasteiger partial charge in [0.05, 0.1) is 6.61 Å². The number of fused-ring (bicyclic) bond motifs is 1. The summed E-state index contributed by atoms with van der Waals surface area (Å²) in [5.74, 6) is 5.33. The first-order chi connectivity index (χ1) is 9.76. The van der Waals surface area contributed by atoms with E-state index in [1.807, 2.05) is 30.3 Å². The second-order valence-corrected chi connectivity index (χ2v) is 4.15. The van der Waals surface area contributed by atoms with Crippen LogP contribution in [-0.4, -0.2) is 18.9 Å². The van der Waals surface area contributed by atoms with Gasteiger partial charge < -0.3 is 4.74 Å². The summed E-state index contributed by atoms with van der Waals surface area (Å²) in [4.78, 5) is 22.4. The number of ether oxygens (including phenoxy) is 1. The Labute approximate surface area is 117 Å². The minimum Gasteiger partial charge on any atom is -0.465 e. The van der Waals surface area contributed by atoms with Gasteiger partial charge in [0.25, 0.3) is 0 Å². The Morgan fingerprint density at radius 2 is 2.05 bits per heavy atom. The number of esters is 1. The zero-order chi connectivity index (χ0) is 14.4. The lowest BCUT2D eigenvalue weighted by Crippen LogP contribution is -2.01. The van der Waals surface area contributed by atoms with Crippen molar-refractivity contribution < 1.29 is 14.3 Å². The van der Waals surface area contributed by atoms with E-state index < -0.39 is 0 Å². The van der Waals surface area contributed by atoms with Crippen LogP contribution >= 0.6 is 0 Å². The fourth-order valence-corrected chi connectivity index (χ4v) is 1.94. The zero-order valence-electron chi connectivity index (χ0n) is 11.2. The van der Waals surface area contributed by atoms with E-state index in [1.165, 1.54) is 0 Å². The topological polar surface area (TPSA) is 43.4 Å². The fourth-order valence-electron chi connectivity index (χ4n) is 1.94. The predicted molar refractivity (Wildman–Crippen MR) is 77.5 cm³/mol. The zero-order valence-corrected chi connectivity index (χ0v) is 11.2. The molecule has 0 amide bonds. The molecule has 20 heavy (non-hydrogen) atoms. The molecule has 0 aliphatic rings. The first-order valence-electron chi connectivity index (χ1n) is 6.37. The van der Waals surface area contributed by atoms with Gasteiger partial charge in [-0.05, 0) is 23.8 Å². The van der Waals surface area contributed by atoms with Crippen LogP contribution in [0.3, 0.4) is 0 Å². The van der Waals surface area contributed by atoms with Gasteiger partial charge in [0, 0.05) is 11.1 Å². The van der Waals surface area contributed by atoms with Crippen LogP contribution in [0.15, 0.2) is 36.4 Å². The molecule has 2 rings (SSSR count). The van der Waals surface area contributed by atoms with E-state index in [1.54, 1.807) is 13.0 Å². The van der Waals surface area contributed by atoms with Gasteiger partial charge in [0.2, 0.25) is 0 Å². The third-order valence-corrected chi connectivity index (χ3v) is 2.84. The van der Waals surface area contributed by atoms with Crippen molar-refractivity contribution in [3.05, 3.63) is 47.5 Å². The van der Waals surface area contributed by atoms with Gasteiger partial charge in [-0.15, -0.1) is 0 Å². The molecule has 0 saturated heterocycles. The highest BCUT2D eigenvalue weighted by atomic mass is 16.5. The fraction of sp³-hybridized carbons (Fsp3) is 0.176. The van der Waals surface area contributed by atoms with E-state index >= 15 is 0 Å². The van der Waals surface area contributed by atoms with Crippen molar-refractivity contribution in [3.63, 3.8) is 0 Å². The minimum absolute atomic E-state index is 0.0232. The SMILES string of the molecule is CCOC(=O)CC#Cc1c(C=O)ccc2ccccc12. The van der Waals surface area contributed by atoms with Crippen LogP contribution in [0, 0.1) is 11.8 Å². The molecule has 0 N–H and O–H groups in total. The van der Waals surface area contributed by atoms with E-state index in [-0.39, 0.29) is 12.4 Å². The van der Waals surface area contributed by atoms with E-state index in [2.05, 4.69) is 11.8 Å². The summed E-state index contributed by atoms with van der Waals surface area (Å²) in [5, 5.41) is 1.92. The van der Waals surface area contributed by atoms with Crippen LogP contribution in [0.5, 0.6) is 0 Å². The quantitative estimate of drug-likeness (QED) is 0.487. The lowest BCUT2D eigenvalue weighted by atomic mass is 10.00. The van der Waals surface area contributed by atoms with Crippen molar-refractivity contribution in [2.24, 2.45) is 0 Å². The van der Waals surface area contributed by atoms with Gasteiger partial charge in [0.1, 0.15) is 6.42 Å². The third-order valence-electron chi connectivity index (χ3n) is 2.84. The van der Waals surface area contributed by atoms with Crippen molar-refractivity contribution in [1.29, 1.82) is 0 Å². The van der Waals surface area contributed by atoms with Crippen LogP contribution in [-0.2, 0) is 9.53 Å². The predicted octanol–water partition coefficient (Wildman–Crippen LogP) is 2.96. The van der Waals surface area contributed by atoms with Gasteiger partial charge in [0.15, 0.2) is 6.29 Å². The first-order valence-corrected chi connectivity index (χ1v) is 6.37. The van der Waals surface area contributed by atoms with Crippen LogP contribution in [0.2, 0.25) is 0 Å². The number of hydrogen-bond acceptors (Lipinski definition) is 3. The highest BCUT2D eigenvalue weighted by molar-refractivity contribution is 5.95. The average molecular weight is 266 g/mol. The Bertz CT molecular complexity index is 705. The molecule has 0 unspecified atom stereocenters. The van der Waals surface area contributed by atoms with Crippen molar-refractivity contribution in [3.8, 4) is 11.8 Å². The Morgan fingerprint density at radius 3 is 2.80 bits per heavy atom. The van der Waals surface area contributed by atoms with Crippen molar-refractivity contribution in [1.82, 2.24) is 0 Å². The molecule has 0 radical (unpaired) electrons. The summed E-state index contributed by atoms with van der Waals surface area (Å²) in [7, 11) is 0. The molecular formula is C17H14O3. The number of aldehydes is 1. The van der Waals surface area contributed by atoms with Crippen LogP contribution in [0.1, 0.15) is 29.3 Å². The smallest absolute Gasteiger partial charge is 0.317 e. The number of benzene rings is 2. The summed E-state index contributed by atoms with van der Waals surface area (Å²) in [6, 6.07) is 11.3. The van der Waals surface area contributed by atoms with Crippen molar-refractivity contribution in [2.45, 2.75) is 13.3 Å². The van der Waals surface area contributed by atoms with Gasteiger partial charge in [-0.25, -0.2) is 0 Å². The highest BCUT2D eigenvalue weighted by Crippen LogP contribution is 2.20. The van der Waals surface area contributed by atoms with Crippen molar-refractivity contribution >= 4 is 23.0 Å². The maximum atomic E-state index is 11.3. The molecule has 0 aliphatic carbocycles. The molecule has 3 heteroatoms. The molecule has 100 valence electrons. The Kier molecular flexibility index (Phi) is 4.52. The molecule has 2 aromatic rings. The van der Waals surface area contributed by atoms with E-state index in [0.29, 0.717) is 17.7 Å². The summed E-state index contributed by atoms with van der Waals surface area (Å²) in [6.45, 7) is 2.09. The first kappa shape index (κ1) is 13.8. The monoisotopic (exact) mass is 266 g/mol. The van der Waals surface area contributed by atoms with E-state index in [9.17, 15) is 9.59 Å². The summed E-state index contributed by atoms with van der Waals surface area (Å²) in [5.41, 5.74) is 1.18. The second kappa shape index (κ2) is 6.53. The molecular weight excluding hydrogens is 252 g/mol. The third kappa shape index (κ3) is 3.04. The lowest BCUT2D eigenvalue weighted by molar-refractivity contribution is -0.141. The Morgan fingerprint density at radius 1 is 1.25 bits per heavy atom. The molecule has 0 fully saturated rings. The molecule has 0 atom stereocenters.